The van der Waals surface area contributed by atoms with Gasteiger partial charge in [0.2, 0.25) is 0 Å². The zero-order chi connectivity index (χ0) is 10.5. The van der Waals surface area contributed by atoms with Crippen molar-refractivity contribution in [1.82, 2.24) is 10.2 Å². The molecule has 1 N–H and O–H groups in total. The summed E-state index contributed by atoms with van der Waals surface area (Å²) in [6, 6.07) is 11.5. The van der Waals surface area contributed by atoms with Crippen molar-refractivity contribution in [2.45, 2.75) is 19.4 Å². The van der Waals surface area contributed by atoms with Gasteiger partial charge in [-0.2, -0.15) is 0 Å². The van der Waals surface area contributed by atoms with Crippen LogP contribution >= 0.6 is 0 Å². The quantitative estimate of drug-likeness (QED) is 0.810. The highest BCUT2D eigenvalue weighted by atomic mass is 15.2. The molecule has 0 aliphatic carbocycles. The van der Waals surface area contributed by atoms with Crippen LogP contribution in [0.15, 0.2) is 30.3 Å². The van der Waals surface area contributed by atoms with Gasteiger partial charge in [0.05, 0.1) is 0 Å². The summed E-state index contributed by atoms with van der Waals surface area (Å²) in [5.74, 6) is 0. The summed E-state index contributed by atoms with van der Waals surface area (Å²) >= 11 is 0. The van der Waals surface area contributed by atoms with Gasteiger partial charge in [0.25, 0.3) is 0 Å². The summed E-state index contributed by atoms with van der Waals surface area (Å²) in [7, 11) is 0. The molecule has 0 aromatic heterocycles. The Kier molecular flexibility index (Phi) is 3.75. The number of hydrogen-bond acceptors (Lipinski definition) is 2. The number of nitrogens with one attached hydrogen (secondary N) is 1. The van der Waals surface area contributed by atoms with Gasteiger partial charge in [-0.3, -0.25) is 4.90 Å². The Morgan fingerprint density at radius 1 is 1.20 bits per heavy atom. The fraction of sp³-hybridized carbons (Fsp3) is 0.538. The molecule has 1 saturated heterocycles. The van der Waals surface area contributed by atoms with Crippen molar-refractivity contribution in [2.24, 2.45) is 0 Å². The van der Waals surface area contributed by atoms with Gasteiger partial charge in [-0.25, -0.2) is 0 Å². The van der Waals surface area contributed by atoms with Crippen molar-refractivity contribution in [3.63, 3.8) is 0 Å². The first kappa shape index (κ1) is 10.7. The van der Waals surface area contributed by atoms with E-state index in [9.17, 15) is 0 Å². The first-order valence-corrected chi connectivity index (χ1v) is 5.91. The van der Waals surface area contributed by atoms with Gasteiger partial charge in [0, 0.05) is 32.2 Å². The molecule has 0 radical (unpaired) electrons. The maximum absolute atomic E-state index is 3.40. The molecule has 1 heterocycles. The Bertz CT molecular complexity index is 278. The Balaban J connectivity index is 2.09. The van der Waals surface area contributed by atoms with Crippen LogP contribution in [0.3, 0.4) is 0 Å². The summed E-state index contributed by atoms with van der Waals surface area (Å²) in [6.07, 6.45) is 1.20. The minimum Gasteiger partial charge on any atom is -0.314 e. The third kappa shape index (κ3) is 2.58. The monoisotopic (exact) mass is 204 g/mol. The van der Waals surface area contributed by atoms with Crippen LogP contribution in [0.5, 0.6) is 0 Å². The van der Waals surface area contributed by atoms with E-state index in [1.54, 1.807) is 0 Å². The lowest BCUT2D eigenvalue weighted by molar-refractivity contribution is 0.169. The SMILES string of the molecule is CCC(c1ccccc1)N1CCNCC1. The number of rotatable bonds is 3. The standard InChI is InChI=1S/C13H20N2/c1-2-13(12-6-4-3-5-7-12)15-10-8-14-9-11-15/h3-7,13-14H,2,8-11H2,1H3. The van der Waals surface area contributed by atoms with Crippen molar-refractivity contribution < 1.29 is 0 Å². The highest BCUT2D eigenvalue weighted by molar-refractivity contribution is 5.19. The van der Waals surface area contributed by atoms with Crippen molar-refractivity contribution in [3.05, 3.63) is 35.9 Å². The van der Waals surface area contributed by atoms with Crippen LogP contribution in [-0.4, -0.2) is 31.1 Å². The van der Waals surface area contributed by atoms with Crippen molar-refractivity contribution in [1.29, 1.82) is 0 Å². The summed E-state index contributed by atoms with van der Waals surface area (Å²) in [5.41, 5.74) is 1.46. The predicted octanol–water partition coefficient (Wildman–Crippen LogP) is 2.04. The second-order valence-corrected chi connectivity index (χ2v) is 4.12. The number of hydrogen-bond donors (Lipinski definition) is 1. The lowest BCUT2D eigenvalue weighted by Gasteiger charge is -2.34. The number of piperazine rings is 1. The maximum Gasteiger partial charge on any atom is 0.0346 e. The van der Waals surface area contributed by atoms with Crippen LogP contribution < -0.4 is 5.32 Å². The predicted molar refractivity (Wildman–Crippen MR) is 63.9 cm³/mol. The minimum absolute atomic E-state index is 0.605. The molecule has 2 heteroatoms. The largest absolute Gasteiger partial charge is 0.314 e. The third-order valence-electron chi connectivity index (χ3n) is 3.16. The van der Waals surface area contributed by atoms with Crippen LogP contribution in [0, 0.1) is 0 Å². The lowest BCUT2D eigenvalue weighted by Crippen LogP contribution is -2.45. The van der Waals surface area contributed by atoms with E-state index < -0.39 is 0 Å². The average molecular weight is 204 g/mol. The van der Waals surface area contributed by atoms with E-state index in [0.717, 1.165) is 13.1 Å². The molecule has 1 unspecified atom stereocenters. The molecular weight excluding hydrogens is 184 g/mol. The summed E-state index contributed by atoms with van der Waals surface area (Å²) < 4.78 is 0. The Hall–Kier alpha value is -0.860. The fourth-order valence-corrected chi connectivity index (χ4v) is 2.37. The van der Waals surface area contributed by atoms with Crippen LogP contribution in [0.4, 0.5) is 0 Å². The van der Waals surface area contributed by atoms with Gasteiger partial charge in [0.15, 0.2) is 0 Å². The molecule has 1 aliphatic rings. The highest BCUT2D eigenvalue weighted by Crippen LogP contribution is 2.23. The maximum atomic E-state index is 3.40. The van der Waals surface area contributed by atoms with Gasteiger partial charge in [-0.05, 0) is 12.0 Å². The molecule has 1 aromatic rings. The molecule has 1 atom stereocenters. The van der Waals surface area contributed by atoms with E-state index >= 15 is 0 Å². The second-order valence-electron chi connectivity index (χ2n) is 4.12. The van der Waals surface area contributed by atoms with Gasteiger partial charge in [-0.1, -0.05) is 37.3 Å². The third-order valence-corrected chi connectivity index (χ3v) is 3.16. The molecular formula is C13H20N2. The molecule has 2 nitrogen and oxygen atoms in total. The van der Waals surface area contributed by atoms with Gasteiger partial charge < -0.3 is 5.32 Å². The highest BCUT2D eigenvalue weighted by Gasteiger charge is 2.19. The minimum atomic E-state index is 0.605. The Morgan fingerprint density at radius 3 is 2.47 bits per heavy atom. The Labute approximate surface area is 92.3 Å². The number of benzene rings is 1. The van der Waals surface area contributed by atoms with Gasteiger partial charge in [0.1, 0.15) is 0 Å². The van der Waals surface area contributed by atoms with Crippen molar-refractivity contribution >= 4 is 0 Å². The Morgan fingerprint density at radius 2 is 1.87 bits per heavy atom. The summed E-state index contributed by atoms with van der Waals surface area (Å²) in [5, 5.41) is 3.40. The molecule has 82 valence electrons. The molecule has 1 aromatic carbocycles. The molecule has 1 aliphatic heterocycles. The van der Waals surface area contributed by atoms with Crippen LogP contribution in [0.1, 0.15) is 24.9 Å². The zero-order valence-corrected chi connectivity index (χ0v) is 9.45. The van der Waals surface area contributed by atoms with Crippen molar-refractivity contribution in [2.75, 3.05) is 26.2 Å². The van der Waals surface area contributed by atoms with Crippen LogP contribution in [0.2, 0.25) is 0 Å². The first-order valence-electron chi connectivity index (χ1n) is 5.91. The number of nitrogens with zero attached hydrogens (tertiary/aromatic N) is 1. The second kappa shape index (κ2) is 5.29. The molecule has 0 saturated carbocycles. The topological polar surface area (TPSA) is 15.3 Å². The molecule has 15 heavy (non-hydrogen) atoms. The van der Waals surface area contributed by atoms with E-state index in [0.29, 0.717) is 6.04 Å². The molecule has 2 rings (SSSR count). The van der Waals surface area contributed by atoms with Gasteiger partial charge >= 0.3 is 0 Å². The van der Waals surface area contributed by atoms with Crippen LogP contribution in [-0.2, 0) is 0 Å². The summed E-state index contributed by atoms with van der Waals surface area (Å²) in [6.45, 7) is 6.88. The zero-order valence-electron chi connectivity index (χ0n) is 9.45. The van der Waals surface area contributed by atoms with Gasteiger partial charge in [-0.15, -0.1) is 0 Å². The van der Waals surface area contributed by atoms with E-state index in [1.807, 2.05) is 0 Å². The van der Waals surface area contributed by atoms with E-state index in [2.05, 4.69) is 47.5 Å². The first-order chi connectivity index (χ1) is 7.42. The summed E-state index contributed by atoms with van der Waals surface area (Å²) in [4.78, 5) is 2.59. The lowest BCUT2D eigenvalue weighted by atomic mass is 10.0. The van der Waals surface area contributed by atoms with Crippen molar-refractivity contribution in [3.8, 4) is 0 Å². The van der Waals surface area contributed by atoms with E-state index in [1.165, 1.54) is 25.1 Å². The van der Waals surface area contributed by atoms with E-state index in [-0.39, 0.29) is 0 Å². The van der Waals surface area contributed by atoms with E-state index in [4.69, 9.17) is 0 Å². The molecule has 0 spiro atoms. The fourth-order valence-electron chi connectivity index (χ4n) is 2.37. The molecule has 0 bridgehead atoms. The average Bonchev–Trinajstić information content (AvgIpc) is 2.33. The van der Waals surface area contributed by atoms with Crippen LogP contribution in [0.25, 0.3) is 0 Å². The normalized spacial score (nSPS) is 20.1. The molecule has 1 fully saturated rings. The molecule has 0 amide bonds. The smallest absolute Gasteiger partial charge is 0.0346 e.